The fourth-order valence-electron chi connectivity index (χ4n) is 3.13. The van der Waals surface area contributed by atoms with Gasteiger partial charge in [-0.1, -0.05) is 18.2 Å². The summed E-state index contributed by atoms with van der Waals surface area (Å²) < 4.78 is 3.27. The first kappa shape index (κ1) is 15.6. The second kappa shape index (κ2) is 6.56. The van der Waals surface area contributed by atoms with Gasteiger partial charge in [-0.05, 0) is 35.0 Å². The molecule has 1 aliphatic heterocycles. The van der Waals surface area contributed by atoms with Gasteiger partial charge in [-0.3, -0.25) is 9.69 Å². The third-order valence-electron chi connectivity index (χ3n) is 4.42. The Kier molecular flexibility index (Phi) is 4.10. The summed E-state index contributed by atoms with van der Waals surface area (Å²) in [5.74, 6) is 0.782. The van der Waals surface area contributed by atoms with Crippen LogP contribution < -0.4 is 5.56 Å². The van der Waals surface area contributed by atoms with Crippen LogP contribution in [0.1, 0.15) is 24.0 Å². The predicted octanol–water partition coefficient (Wildman–Crippen LogP) is 0.797. The van der Waals surface area contributed by atoms with Crippen LogP contribution in [0.2, 0.25) is 0 Å². The quantitative estimate of drug-likeness (QED) is 0.700. The average Bonchev–Trinajstić information content (AvgIpc) is 3.10. The van der Waals surface area contributed by atoms with Crippen molar-refractivity contribution in [2.45, 2.75) is 33.0 Å². The van der Waals surface area contributed by atoms with Crippen LogP contribution in [0, 0.1) is 0 Å². The van der Waals surface area contributed by atoms with Crippen molar-refractivity contribution in [1.29, 1.82) is 0 Å². The van der Waals surface area contributed by atoms with Crippen LogP contribution in [0.4, 0.5) is 0 Å². The Morgan fingerprint density at radius 2 is 2.04 bits per heavy atom. The minimum atomic E-state index is -0.0442. The van der Waals surface area contributed by atoms with Crippen LogP contribution in [-0.4, -0.2) is 41.4 Å². The Hall–Kier alpha value is -2.87. The van der Waals surface area contributed by atoms with Crippen molar-refractivity contribution >= 4 is 0 Å². The van der Waals surface area contributed by atoms with Crippen molar-refractivity contribution in [3.8, 4) is 5.69 Å². The van der Waals surface area contributed by atoms with E-state index in [9.17, 15) is 4.79 Å². The molecule has 1 aliphatic rings. The van der Waals surface area contributed by atoms with E-state index in [1.54, 1.807) is 10.7 Å². The summed E-state index contributed by atoms with van der Waals surface area (Å²) in [6.07, 6.45) is 0.822. The van der Waals surface area contributed by atoms with Gasteiger partial charge in [0.05, 0.1) is 17.9 Å². The first-order valence-electron chi connectivity index (χ1n) is 8.39. The summed E-state index contributed by atoms with van der Waals surface area (Å²) in [5.41, 5.74) is 2.91. The first-order chi connectivity index (χ1) is 12.2. The Morgan fingerprint density at radius 3 is 2.84 bits per heavy atom. The van der Waals surface area contributed by atoms with Gasteiger partial charge in [0, 0.05) is 32.1 Å². The van der Waals surface area contributed by atoms with Gasteiger partial charge in [0.25, 0.3) is 5.56 Å². The van der Waals surface area contributed by atoms with Crippen LogP contribution in [0.3, 0.4) is 0 Å². The molecular weight excluding hydrogens is 318 g/mol. The molecule has 3 aromatic rings. The second-order valence-electron chi connectivity index (χ2n) is 6.07. The van der Waals surface area contributed by atoms with Crippen LogP contribution in [0.25, 0.3) is 5.69 Å². The lowest BCUT2D eigenvalue weighted by atomic mass is 10.1. The van der Waals surface area contributed by atoms with Crippen molar-refractivity contribution in [3.05, 3.63) is 63.8 Å². The van der Waals surface area contributed by atoms with Gasteiger partial charge in [0.2, 0.25) is 0 Å². The lowest BCUT2D eigenvalue weighted by Crippen LogP contribution is -2.35. The SMILES string of the molecule is CCn1nc2c(cc1=O)CN(Cc1nnnn1-c1ccccc1)CC2. The minimum Gasteiger partial charge on any atom is -0.291 e. The maximum absolute atomic E-state index is 12.0. The van der Waals surface area contributed by atoms with Crippen molar-refractivity contribution in [2.75, 3.05) is 6.54 Å². The number of rotatable bonds is 4. The maximum Gasteiger partial charge on any atom is 0.267 e. The second-order valence-corrected chi connectivity index (χ2v) is 6.07. The number of benzene rings is 1. The van der Waals surface area contributed by atoms with Gasteiger partial charge in [0.15, 0.2) is 5.82 Å². The molecule has 0 unspecified atom stereocenters. The molecule has 0 fully saturated rings. The van der Waals surface area contributed by atoms with Crippen LogP contribution in [0.15, 0.2) is 41.2 Å². The highest BCUT2D eigenvalue weighted by Gasteiger charge is 2.21. The number of nitrogens with zero attached hydrogens (tertiary/aromatic N) is 7. The highest BCUT2D eigenvalue weighted by molar-refractivity contribution is 5.30. The normalized spacial score (nSPS) is 14.4. The van der Waals surface area contributed by atoms with Crippen molar-refractivity contribution in [3.63, 3.8) is 0 Å². The van der Waals surface area contributed by atoms with Crippen LogP contribution in [0.5, 0.6) is 0 Å². The van der Waals surface area contributed by atoms with E-state index in [1.165, 1.54) is 4.68 Å². The Balaban J connectivity index is 1.55. The molecule has 0 atom stereocenters. The molecule has 1 aromatic carbocycles. The van der Waals surface area contributed by atoms with E-state index in [1.807, 2.05) is 37.3 Å². The Bertz CT molecular complexity index is 932. The number of aromatic nitrogens is 6. The monoisotopic (exact) mass is 337 g/mol. The highest BCUT2D eigenvalue weighted by Crippen LogP contribution is 2.17. The first-order valence-corrected chi connectivity index (χ1v) is 8.39. The topological polar surface area (TPSA) is 81.7 Å². The molecule has 4 rings (SSSR count). The molecule has 0 saturated heterocycles. The summed E-state index contributed by atoms with van der Waals surface area (Å²) in [5, 5.41) is 16.5. The smallest absolute Gasteiger partial charge is 0.267 e. The number of para-hydroxylation sites is 1. The number of hydrogen-bond acceptors (Lipinski definition) is 6. The molecule has 0 aliphatic carbocycles. The Labute approximate surface area is 144 Å². The van der Waals surface area contributed by atoms with E-state index in [4.69, 9.17) is 0 Å². The minimum absolute atomic E-state index is 0.0442. The summed E-state index contributed by atoms with van der Waals surface area (Å²) in [7, 11) is 0. The number of tetrazole rings is 1. The van der Waals surface area contributed by atoms with E-state index >= 15 is 0 Å². The summed E-state index contributed by atoms with van der Waals surface area (Å²) in [4.78, 5) is 14.3. The van der Waals surface area contributed by atoms with E-state index in [0.29, 0.717) is 19.6 Å². The van der Waals surface area contributed by atoms with Crippen molar-refractivity contribution < 1.29 is 0 Å². The van der Waals surface area contributed by atoms with Gasteiger partial charge in [-0.15, -0.1) is 5.10 Å². The molecule has 128 valence electrons. The highest BCUT2D eigenvalue weighted by atomic mass is 16.1. The number of hydrogen-bond donors (Lipinski definition) is 0. The van der Waals surface area contributed by atoms with E-state index in [-0.39, 0.29) is 5.56 Å². The molecule has 0 N–H and O–H groups in total. The third kappa shape index (κ3) is 3.08. The van der Waals surface area contributed by atoms with Crippen LogP contribution in [-0.2, 0) is 26.1 Å². The molecule has 0 saturated carbocycles. The van der Waals surface area contributed by atoms with Crippen molar-refractivity contribution in [2.24, 2.45) is 0 Å². The molecule has 2 aromatic heterocycles. The molecule has 8 heteroatoms. The number of fused-ring (bicyclic) bond motifs is 1. The van der Waals surface area contributed by atoms with E-state index < -0.39 is 0 Å². The molecule has 0 spiro atoms. The largest absolute Gasteiger partial charge is 0.291 e. The van der Waals surface area contributed by atoms with Gasteiger partial charge < -0.3 is 0 Å². The molecule has 3 heterocycles. The molecular formula is C17H19N7O. The zero-order valence-corrected chi connectivity index (χ0v) is 14.0. The average molecular weight is 337 g/mol. The molecule has 0 radical (unpaired) electrons. The lowest BCUT2D eigenvalue weighted by molar-refractivity contribution is 0.233. The van der Waals surface area contributed by atoms with Gasteiger partial charge in [-0.2, -0.15) is 9.78 Å². The fraction of sp³-hybridized carbons (Fsp3) is 0.353. The van der Waals surface area contributed by atoms with Gasteiger partial charge in [0.1, 0.15) is 0 Å². The van der Waals surface area contributed by atoms with Gasteiger partial charge in [-0.25, -0.2) is 4.68 Å². The lowest BCUT2D eigenvalue weighted by Gasteiger charge is -2.27. The summed E-state index contributed by atoms with van der Waals surface area (Å²) >= 11 is 0. The van der Waals surface area contributed by atoms with E-state index in [0.717, 1.165) is 35.7 Å². The molecule has 0 bridgehead atoms. The summed E-state index contributed by atoms with van der Waals surface area (Å²) in [6.45, 7) is 4.70. The zero-order chi connectivity index (χ0) is 17.2. The fourth-order valence-corrected chi connectivity index (χ4v) is 3.13. The molecule has 25 heavy (non-hydrogen) atoms. The number of aryl methyl sites for hydroxylation is 1. The van der Waals surface area contributed by atoms with Gasteiger partial charge >= 0.3 is 0 Å². The Morgan fingerprint density at radius 1 is 1.20 bits per heavy atom. The van der Waals surface area contributed by atoms with E-state index in [2.05, 4.69) is 25.5 Å². The zero-order valence-electron chi connectivity index (χ0n) is 14.0. The summed E-state index contributed by atoms with van der Waals surface area (Å²) in [6, 6.07) is 11.5. The standard InChI is InChI=1S/C17H19N7O/c1-2-23-17(25)10-13-11-22(9-8-15(13)19-23)12-16-18-20-21-24(16)14-6-4-3-5-7-14/h3-7,10H,2,8-9,11-12H2,1H3. The van der Waals surface area contributed by atoms with Crippen LogP contribution >= 0.6 is 0 Å². The molecule has 0 amide bonds. The predicted molar refractivity (Wildman–Crippen MR) is 91.1 cm³/mol. The molecule has 8 nitrogen and oxygen atoms in total. The van der Waals surface area contributed by atoms with Crippen molar-refractivity contribution in [1.82, 2.24) is 34.9 Å². The maximum atomic E-state index is 12.0. The third-order valence-corrected chi connectivity index (χ3v) is 4.42.